The zero-order valence-corrected chi connectivity index (χ0v) is 13.0. The maximum absolute atomic E-state index is 13.9. The van der Waals surface area contributed by atoms with Gasteiger partial charge in [0, 0.05) is 38.8 Å². The summed E-state index contributed by atoms with van der Waals surface area (Å²) in [6.07, 6.45) is 0. The number of piperazine rings is 1. The summed E-state index contributed by atoms with van der Waals surface area (Å²) in [6.45, 7) is 7.34. The van der Waals surface area contributed by atoms with E-state index in [-0.39, 0.29) is 23.8 Å². The molecule has 0 aliphatic carbocycles. The van der Waals surface area contributed by atoms with Crippen molar-refractivity contribution in [2.24, 2.45) is 0 Å². The van der Waals surface area contributed by atoms with Gasteiger partial charge in [0.25, 0.3) is 0 Å². The Bertz CT molecular complexity index is 488. The standard InChI is InChI=1S/C16H24FN3O/c1-12(14-6-4-5-7-15(14)17)19(3)16(21)13(2)20-10-8-18-9-11-20/h4-7,12-13,18H,8-11H2,1-3H3. The fourth-order valence-corrected chi connectivity index (χ4v) is 2.73. The zero-order chi connectivity index (χ0) is 15.4. The Labute approximate surface area is 125 Å². The van der Waals surface area contributed by atoms with Gasteiger partial charge < -0.3 is 10.2 Å². The molecule has 1 heterocycles. The molecule has 2 atom stereocenters. The van der Waals surface area contributed by atoms with Gasteiger partial charge in [-0.1, -0.05) is 18.2 Å². The molecule has 0 bridgehead atoms. The van der Waals surface area contributed by atoms with Crippen LogP contribution < -0.4 is 5.32 Å². The van der Waals surface area contributed by atoms with Crippen molar-refractivity contribution < 1.29 is 9.18 Å². The van der Waals surface area contributed by atoms with E-state index in [2.05, 4.69) is 10.2 Å². The van der Waals surface area contributed by atoms with Crippen LogP contribution in [0.4, 0.5) is 4.39 Å². The van der Waals surface area contributed by atoms with Crippen LogP contribution in [0.3, 0.4) is 0 Å². The maximum Gasteiger partial charge on any atom is 0.239 e. The molecule has 0 aromatic heterocycles. The molecule has 1 fully saturated rings. The first-order valence-electron chi connectivity index (χ1n) is 7.48. The molecule has 0 radical (unpaired) electrons. The SMILES string of the molecule is CC(C(=O)N(C)C(C)c1ccccc1F)N1CCNCC1. The molecule has 1 aliphatic heterocycles. The molecule has 1 aromatic carbocycles. The summed E-state index contributed by atoms with van der Waals surface area (Å²) in [5.41, 5.74) is 0.556. The summed E-state index contributed by atoms with van der Waals surface area (Å²) in [6, 6.07) is 6.18. The topological polar surface area (TPSA) is 35.6 Å². The smallest absolute Gasteiger partial charge is 0.239 e. The van der Waals surface area contributed by atoms with Crippen molar-refractivity contribution in [1.82, 2.24) is 15.1 Å². The number of hydrogen-bond acceptors (Lipinski definition) is 3. The van der Waals surface area contributed by atoms with Gasteiger partial charge in [0.1, 0.15) is 5.82 Å². The van der Waals surface area contributed by atoms with Crippen molar-refractivity contribution in [3.8, 4) is 0 Å². The lowest BCUT2D eigenvalue weighted by Crippen LogP contribution is -2.53. The fraction of sp³-hybridized carbons (Fsp3) is 0.562. The van der Waals surface area contributed by atoms with Crippen LogP contribution >= 0.6 is 0 Å². The largest absolute Gasteiger partial charge is 0.338 e. The molecule has 116 valence electrons. The first-order valence-corrected chi connectivity index (χ1v) is 7.48. The lowest BCUT2D eigenvalue weighted by Gasteiger charge is -2.36. The van der Waals surface area contributed by atoms with Gasteiger partial charge in [-0.25, -0.2) is 4.39 Å². The molecule has 0 spiro atoms. The van der Waals surface area contributed by atoms with E-state index in [9.17, 15) is 9.18 Å². The third-order valence-corrected chi connectivity index (χ3v) is 4.34. The van der Waals surface area contributed by atoms with Crippen LogP contribution in [0.15, 0.2) is 24.3 Å². The van der Waals surface area contributed by atoms with E-state index in [1.165, 1.54) is 6.07 Å². The third-order valence-electron chi connectivity index (χ3n) is 4.34. The molecule has 1 aliphatic rings. The molecule has 5 heteroatoms. The number of benzene rings is 1. The highest BCUT2D eigenvalue weighted by Gasteiger charge is 2.28. The van der Waals surface area contributed by atoms with E-state index in [0.29, 0.717) is 5.56 Å². The molecule has 4 nitrogen and oxygen atoms in total. The van der Waals surface area contributed by atoms with Crippen LogP contribution in [0.1, 0.15) is 25.5 Å². The molecule has 1 amide bonds. The highest BCUT2D eigenvalue weighted by Crippen LogP contribution is 2.22. The lowest BCUT2D eigenvalue weighted by molar-refractivity contribution is -0.137. The van der Waals surface area contributed by atoms with Gasteiger partial charge >= 0.3 is 0 Å². The first kappa shape index (κ1) is 15.9. The Morgan fingerprint density at radius 2 is 1.90 bits per heavy atom. The van der Waals surface area contributed by atoms with Crippen LogP contribution in [0.5, 0.6) is 0 Å². The van der Waals surface area contributed by atoms with Gasteiger partial charge in [-0.05, 0) is 19.9 Å². The van der Waals surface area contributed by atoms with E-state index < -0.39 is 0 Å². The average Bonchev–Trinajstić information content (AvgIpc) is 2.53. The van der Waals surface area contributed by atoms with E-state index >= 15 is 0 Å². The number of halogens is 1. The minimum absolute atomic E-state index is 0.0349. The summed E-state index contributed by atoms with van der Waals surface area (Å²) < 4.78 is 13.9. The number of nitrogens with one attached hydrogen (secondary N) is 1. The second-order valence-corrected chi connectivity index (χ2v) is 5.61. The van der Waals surface area contributed by atoms with Crippen molar-refractivity contribution >= 4 is 5.91 Å². The van der Waals surface area contributed by atoms with Crippen molar-refractivity contribution in [1.29, 1.82) is 0 Å². The second kappa shape index (κ2) is 7.00. The number of hydrogen-bond donors (Lipinski definition) is 1. The highest BCUT2D eigenvalue weighted by molar-refractivity contribution is 5.81. The zero-order valence-electron chi connectivity index (χ0n) is 13.0. The van der Waals surface area contributed by atoms with E-state index in [0.717, 1.165) is 26.2 Å². The maximum atomic E-state index is 13.9. The van der Waals surface area contributed by atoms with Gasteiger partial charge in [0.15, 0.2) is 0 Å². The highest BCUT2D eigenvalue weighted by atomic mass is 19.1. The molecule has 1 saturated heterocycles. The average molecular weight is 293 g/mol. The fourth-order valence-electron chi connectivity index (χ4n) is 2.73. The van der Waals surface area contributed by atoms with Gasteiger partial charge in [-0.2, -0.15) is 0 Å². The number of amides is 1. The van der Waals surface area contributed by atoms with Crippen LogP contribution in [-0.2, 0) is 4.79 Å². The Balaban J connectivity index is 2.06. The number of likely N-dealkylation sites (N-methyl/N-ethyl adjacent to an activating group) is 1. The van der Waals surface area contributed by atoms with Crippen LogP contribution in [-0.4, -0.2) is 55.0 Å². The second-order valence-electron chi connectivity index (χ2n) is 5.61. The van der Waals surface area contributed by atoms with Crippen molar-refractivity contribution in [3.63, 3.8) is 0 Å². The minimum Gasteiger partial charge on any atom is -0.338 e. The Hall–Kier alpha value is -1.46. The Morgan fingerprint density at radius 3 is 2.52 bits per heavy atom. The van der Waals surface area contributed by atoms with E-state index in [1.807, 2.05) is 13.8 Å². The van der Waals surface area contributed by atoms with E-state index in [4.69, 9.17) is 0 Å². The van der Waals surface area contributed by atoms with Crippen LogP contribution in [0, 0.1) is 5.82 Å². The summed E-state index contributed by atoms with van der Waals surface area (Å²) in [5, 5.41) is 3.28. The Morgan fingerprint density at radius 1 is 1.29 bits per heavy atom. The van der Waals surface area contributed by atoms with Gasteiger partial charge in [-0.3, -0.25) is 9.69 Å². The molecule has 2 rings (SSSR count). The lowest BCUT2D eigenvalue weighted by atomic mass is 10.1. The molecular formula is C16H24FN3O. The summed E-state index contributed by atoms with van der Waals surface area (Å²) in [4.78, 5) is 16.4. The number of carbonyl (C=O) groups is 1. The third kappa shape index (κ3) is 3.60. The predicted molar refractivity (Wildman–Crippen MR) is 81.5 cm³/mol. The van der Waals surface area contributed by atoms with Gasteiger partial charge in [0.05, 0.1) is 12.1 Å². The van der Waals surface area contributed by atoms with Crippen molar-refractivity contribution in [3.05, 3.63) is 35.6 Å². The number of rotatable bonds is 4. The van der Waals surface area contributed by atoms with Crippen LogP contribution in [0.25, 0.3) is 0 Å². The molecule has 0 saturated carbocycles. The van der Waals surface area contributed by atoms with E-state index in [1.54, 1.807) is 30.1 Å². The summed E-state index contributed by atoms with van der Waals surface area (Å²) in [5.74, 6) is -0.230. The molecular weight excluding hydrogens is 269 g/mol. The summed E-state index contributed by atoms with van der Waals surface area (Å²) in [7, 11) is 1.75. The predicted octanol–water partition coefficient (Wildman–Crippen LogP) is 1.64. The first-order chi connectivity index (χ1) is 10.0. The van der Waals surface area contributed by atoms with Crippen molar-refractivity contribution in [2.45, 2.75) is 25.9 Å². The monoisotopic (exact) mass is 293 g/mol. The quantitative estimate of drug-likeness (QED) is 0.916. The minimum atomic E-state index is -0.274. The molecule has 21 heavy (non-hydrogen) atoms. The molecule has 1 N–H and O–H groups in total. The van der Waals surface area contributed by atoms with Gasteiger partial charge in [0.2, 0.25) is 5.91 Å². The molecule has 1 aromatic rings. The summed E-state index contributed by atoms with van der Waals surface area (Å²) >= 11 is 0. The number of carbonyl (C=O) groups excluding carboxylic acids is 1. The van der Waals surface area contributed by atoms with Gasteiger partial charge in [-0.15, -0.1) is 0 Å². The number of nitrogens with zero attached hydrogens (tertiary/aromatic N) is 2. The molecule has 2 unspecified atom stereocenters. The van der Waals surface area contributed by atoms with Crippen molar-refractivity contribution in [2.75, 3.05) is 33.2 Å². The normalized spacial score (nSPS) is 19.0. The Kier molecular flexibility index (Phi) is 5.31. The van der Waals surface area contributed by atoms with Crippen LogP contribution in [0.2, 0.25) is 0 Å².